The standard InChI is InChI=1S/C20H25NO2/c1-2-12-21-13-14-22-20(15-21)18-10-6-7-11-19(18)23-16-17-8-4-3-5-9-17/h3-11,20H,2,12-16H2,1H3. The molecule has 1 unspecified atom stereocenters. The molecular formula is C20H25NO2. The summed E-state index contributed by atoms with van der Waals surface area (Å²) in [6.07, 6.45) is 1.28. The van der Waals surface area contributed by atoms with Crippen LogP contribution in [0.25, 0.3) is 0 Å². The Hall–Kier alpha value is -1.84. The van der Waals surface area contributed by atoms with Crippen molar-refractivity contribution in [3.05, 3.63) is 65.7 Å². The highest BCUT2D eigenvalue weighted by atomic mass is 16.5. The molecule has 0 radical (unpaired) electrons. The molecule has 3 heteroatoms. The van der Waals surface area contributed by atoms with Crippen LogP contribution >= 0.6 is 0 Å². The molecule has 0 aromatic heterocycles. The van der Waals surface area contributed by atoms with E-state index in [4.69, 9.17) is 9.47 Å². The highest BCUT2D eigenvalue weighted by molar-refractivity contribution is 5.36. The van der Waals surface area contributed by atoms with Gasteiger partial charge in [-0.2, -0.15) is 0 Å². The summed E-state index contributed by atoms with van der Waals surface area (Å²) in [5.41, 5.74) is 2.34. The molecule has 1 heterocycles. The fourth-order valence-electron chi connectivity index (χ4n) is 3.02. The van der Waals surface area contributed by atoms with E-state index >= 15 is 0 Å². The molecule has 2 aromatic carbocycles. The maximum Gasteiger partial charge on any atom is 0.125 e. The van der Waals surface area contributed by atoms with Crippen LogP contribution in [0, 0.1) is 0 Å². The molecule has 3 nitrogen and oxygen atoms in total. The molecular weight excluding hydrogens is 286 g/mol. The van der Waals surface area contributed by atoms with Crippen LogP contribution in [-0.2, 0) is 11.3 Å². The Morgan fingerprint density at radius 2 is 1.87 bits per heavy atom. The number of benzene rings is 2. The minimum atomic E-state index is 0.0993. The normalized spacial score (nSPS) is 18.7. The maximum atomic E-state index is 6.07. The molecule has 0 bridgehead atoms. The third-order valence-corrected chi connectivity index (χ3v) is 4.19. The number of hydrogen-bond donors (Lipinski definition) is 0. The van der Waals surface area contributed by atoms with E-state index in [1.807, 2.05) is 30.3 Å². The number of ether oxygens (including phenoxy) is 2. The highest BCUT2D eigenvalue weighted by Gasteiger charge is 2.23. The monoisotopic (exact) mass is 311 g/mol. The van der Waals surface area contributed by atoms with Crippen LogP contribution in [0.3, 0.4) is 0 Å². The van der Waals surface area contributed by atoms with Crippen LogP contribution in [0.15, 0.2) is 54.6 Å². The van der Waals surface area contributed by atoms with Gasteiger partial charge in [-0.1, -0.05) is 55.5 Å². The summed E-state index contributed by atoms with van der Waals surface area (Å²) in [6.45, 7) is 6.70. The van der Waals surface area contributed by atoms with Gasteiger partial charge in [0.15, 0.2) is 0 Å². The summed E-state index contributed by atoms with van der Waals surface area (Å²) in [6, 6.07) is 18.5. The Kier molecular flexibility index (Phi) is 5.67. The third-order valence-electron chi connectivity index (χ3n) is 4.19. The fraction of sp³-hybridized carbons (Fsp3) is 0.400. The van der Waals surface area contributed by atoms with Gasteiger partial charge in [0.05, 0.1) is 12.7 Å². The molecule has 1 fully saturated rings. The second-order valence-corrected chi connectivity index (χ2v) is 5.97. The summed E-state index contributed by atoms with van der Waals surface area (Å²) < 4.78 is 12.1. The summed E-state index contributed by atoms with van der Waals surface area (Å²) >= 11 is 0. The van der Waals surface area contributed by atoms with E-state index in [0.717, 1.165) is 37.6 Å². The summed E-state index contributed by atoms with van der Waals surface area (Å²) in [5, 5.41) is 0. The van der Waals surface area contributed by atoms with Crippen molar-refractivity contribution in [2.75, 3.05) is 26.2 Å². The SMILES string of the molecule is CCCN1CCOC(c2ccccc2OCc2ccccc2)C1. The van der Waals surface area contributed by atoms with Gasteiger partial charge < -0.3 is 9.47 Å². The van der Waals surface area contributed by atoms with Crippen LogP contribution < -0.4 is 4.74 Å². The molecule has 2 aromatic rings. The number of para-hydroxylation sites is 1. The van der Waals surface area contributed by atoms with Crippen molar-refractivity contribution >= 4 is 0 Å². The number of rotatable bonds is 6. The van der Waals surface area contributed by atoms with Gasteiger partial charge in [-0.15, -0.1) is 0 Å². The van der Waals surface area contributed by atoms with E-state index in [1.165, 1.54) is 12.0 Å². The first-order valence-corrected chi connectivity index (χ1v) is 8.46. The lowest BCUT2D eigenvalue weighted by atomic mass is 10.1. The van der Waals surface area contributed by atoms with E-state index in [9.17, 15) is 0 Å². The molecule has 0 saturated carbocycles. The molecule has 1 saturated heterocycles. The van der Waals surface area contributed by atoms with Gasteiger partial charge in [0.1, 0.15) is 12.4 Å². The molecule has 0 amide bonds. The summed E-state index contributed by atoms with van der Waals surface area (Å²) in [4.78, 5) is 2.47. The van der Waals surface area contributed by atoms with Gasteiger partial charge in [0, 0.05) is 18.7 Å². The van der Waals surface area contributed by atoms with Crippen LogP contribution in [0.1, 0.15) is 30.6 Å². The van der Waals surface area contributed by atoms with Gasteiger partial charge in [-0.25, -0.2) is 0 Å². The van der Waals surface area contributed by atoms with E-state index in [0.29, 0.717) is 6.61 Å². The Labute approximate surface area is 138 Å². The first kappa shape index (κ1) is 16.0. The van der Waals surface area contributed by atoms with Crippen LogP contribution in [0.4, 0.5) is 0 Å². The smallest absolute Gasteiger partial charge is 0.125 e. The molecule has 1 aliphatic heterocycles. The minimum absolute atomic E-state index is 0.0993. The van der Waals surface area contributed by atoms with Crippen LogP contribution in [0.5, 0.6) is 5.75 Å². The lowest BCUT2D eigenvalue weighted by molar-refractivity contribution is -0.0310. The van der Waals surface area contributed by atoms with E-state index in [1.54, 1.807) is 0 Å². The molecule has 1 atom stereocenters. The zero-order valence-corrected chi connectivity index (χ0v) is 13.8. The van der Waals surface area contributed by atoms with Crippen molar-refractivity contribution in [2.45, 2.75) is 26.1 Å². The Bertz CT molecular complexity index is 598. The first-order chi connectivity index (χ1) is 11.4. The van der Waals surface area contributed by atoms with Gasteiger partial charge >= 0.3 is 0 Å². The second kappa shape index (κ2) is 8.14. The maximum absolute atomic E-state index is 6.07. The zero-order valence-electron chi connectivity index (χ0n) is 13.8. The van der Waals surface area contributed by atoms with Crippen LogP contribution in [-0.4, -0.2) is 31.1 Å². The lowest BCUT2D eigenvalue weighted by Crippen LogP contribution is -2.38. The van der Waals surface area contributed by atoms with Crippen molar-refractivity contribution in [1.29, 1.82) is 0 Å². The Morgan fingerprint density at radius 3 is 2.70 bits per heavy atom. The van der Waals surface area contributed by atoms with Crippen molar-refractivity contribution in [3.63, 3.8) is 0 Å². The first-order valence-electron chi connectivity index (χ1n) is 8.46. The van der Waals surface area contributed by atoms with Gasteiger partial charge in [0.2, 0.25) is 0 Å². The molecule has 3 rings (SSSR count). The number of morpholine rings is 1. The van der Waals surface area contributed by atoms with Gasteiger partial charge in [-0.05, 0) is 24.6 Å². The topological polar surface area (TPSA) is 21.7 Å². The Balaban J connectivity index is 1.70. The molecule has 0 N–H and O–H groups in total. The van der Waals surface area contributed by atoms with Gasteiger partial charge in [0.25, 0.3) is 0 Å². The zero-order chi connectivity index (χ0) is 15.9. The lowest BCUT2D eigenvalue weighted by Gasteiger charge is -2.33. The van der Waals surface area contributed by atoms with E-state index in [2.05, 4.69) is 36.1 Å². The average Bonchev–Trinajstić information content (AvgIpc) is 2.62. The molecule has 1 aliphatic rings. The summed E-state index contributed by atoms with van der Waals surface area (Å²) in [5.74, 6) is 0.930. The average molecular weight is 311 g/mol. The highest BCUT2D eigenvalue weighted by Crippen LogP contribution is 2.30. The molecule has 0 spiro atoms. The fourth-order valence-corrected chi connectivity index (χ4v) is 3.02. The van der Waals surface area contributed by atoms with Crippen molar-refractivity contribution in [1.82, 2.24) is 4.90 Å². The van der Waals surface area contributed by atoms with Gasteiger partial charge in [-0.3, -0.25) is 4.90 Å². The minimum Gasteiger partial charge on any atom is -0.489 e. The quantitative estimate of drug-likeness (QED) is 0.803. The number of nitrogens with zero attached hydrogens (tertiary/aromatic N) is 1. The largest absolute Gasteiger partial charge is 0.489 e. The Morgan fingerprint density at radius 1 is 1.09 bits per heavy atom. The predicted octanol–water partition coefficient (Wildman–Crippen LogP) is 4.05. The van der Waals surface area contributed by atoms with Crippen molar-refractivity contribution in [3.8, 4) is 5.75 Å². The predicted molar refractivity (Wildman–Crippen MR) is 92.6 cm³/mol. The molecule has 23 heavy (non-hydrogen) atoms. The molecule has 122 valence electrons. The number of hydrogen-bond acceptors (Lipinski definition) is 3. The third kappa shape index (κ3) is 4.34. The van der Waals surface area contributed by atoms with Crippen LogP contribution in [0.2, 0.25) is 0 Å². The van der Waals surface area contributed by atoms with Crippen molar-refractivity contribution < 1.29 is 9.47 Å². The molecule has 0 aliphatic carbocycles. The van der Waals surface area contributed by atoms with E-state index < -0.39 is 0 Å². The van der Waals surface area contributed by atoms with Crippen molar-refractivity contribution in [2.24, 2.45) is 0 Å². The van der Waals surface area contributed by atoms with E-state index in [-0.39, 0.29) is 6.10 Å². The second-order valence-electron chi connectivity index (χ2n) is 5.97. The summed E-state index contributed by atoms with van der Waals surface area (Å²) in [7, 11) is 0.